The highest BCUT2D eigenvalue weighted by molar-refractivity contribution is 8.26. The van der Waals surface area contributed by atoms with Crippen molar-refractivity contribution < 1.29 is 9.59 Å². The van der Waals surface area contributed by atoms with Crippen LogP contribution in [0.25, 0.3) is 6.08 Å². The highest BCUT2D eigenvalue weighted by Crippen LogP contribution is 2.33. The van der Waals surface area contributed by atoms with Crippen molar-refractivity contribution in [3.8, 4) is 0 Å². The number of carbonyl (C=O) groups is 2. The maximum absolute atomic E-state index is 12.5. The van der Waals surface area contributed by atoms with E-state index >= 15 is 0 Å². The van der Waals surface area contributed by atoms with Crippen LogP contribution in [0.1, 0.15) is 15.9 Å². The predicted octanol–water partition coefficient (Wildman–Crippen LogP) is 3.93. The number of hydrogen-bond acceptors (Lipinski definition) is 5. The number of rotatable bonds is 3. The van der Waals surface area contributed by atoms with Gasteiger partial charge in [0.25, 0.3) is 11.8 Å². The molecule has 0 unspecified atom stereocenters. The van der Waals surface area contributed by atoms with Gasteiger partial charge >= 0.3 is 0 Å². The normalized spacial score (nSPS) is 15.8. The molecule has 0 saturated carbocycles. The van der Waals surface area contributed by atoms with E-state index in [0.717, 1.165) is 16.8 Å². The Hall–Kier alpha value is -1.93. The molecule has 2 amide bonds. The number of pyridine rings is 1. The van der Waals surface area contributed by atoms with Crippen LogP contribution < -0.4 is 5.43 Å². The van der Waals surface area contributed by atoms with Crippen molar-refractivity contribution in [2.24, 2.45) is 0 Å². The summed E-state index contributed by atoms with van der Waals surface area (Å²) in [4.78, 5) is 28.9. The van der Waals surface area contributed by atoms with E-state index < -0.39 is 11.8 Å². The number of nitrogens with one attached hydrogen (secondary N) is 1. The molecule has 1 aromatic carbocycles. The van der Waals surface area contributed by atoms with Gasteiger partial charge in [-0.1, -0.05) is 41.0 Å². The summed E-state index contributed by atoms with van der Waals surface area (Å²) < 4.78 is 0.226. The van der Waals surface area contributed by atoms with Gasteiger partial charge in [-0.2, -0.15) is 5.01 Å². The van der Waals surface area contributed by atoms with Gasteiger partial charge in [0.1, 0.15) is 0 Å². The van der Waals surface area contributed by atoms with Crippen LogP contribution in [0.4, 0.5) is 0 Å². The molecular weight excluding hydrogens is 401 g/mol. The maximum atomic E-state index is 12.5. The van der Waals surface area contributed by atoms with Gasteiger partial charge in [0.15, 0.2) is 4.32 Å². The van der Waals surface area contributed by atoms with Crippen LogP contribution in [0.5, 0.6) is 0 Å². The molecule has 1 saturated heterocycles. The molecule has 3 rings (SSSR count). The van der Waals surface area contributed by atoms with Gasteiger partial charge in [0, 0.05) is 28.0 Å². The fourth-order valence-corrected chi connectivity index (χ4v) is 3.63. The standard InChI is InChI=1S/C16H9Cl2N3O2S2/c17-11-2-1-10(12(18)8-11)7-13-15(23)21(16(24)25-13)20-14(22)9-3-5-19-6-4-9/h1-8H,(H,20,22). The van der Waals surface area contributed by atoms with E-state index in [1.807, 2.05) is 0 Å². The Morgan fingerprint density at radius 2 is 1.96 bits per heavy atom. The molecule has 5 nitrogen and oxygen atoms in total. The second kappa shape index (κ2) is 7.53. The number of nitrogens with zero attached hydrogens (tertiary/aromatic N) is 2. The smallest absolute Gasteiger partial charge is 0.267 e. The monoisotopic (exact) mass is 409 g/mol. The fraction of sp³-hybridized carbons (Fsp3) is 0. The summed E-state index contributed by atoms with van der Waals surface area (Å²) in [6.07, 6.45) is 4.58. The largest absolute Gasteiger partial charge is 0.285 e. The third-order valence-electron chi connectivity index (χ3n) is 3.20. The van der Waals surface area contributed by atoms with E-state index in [9.17, 15) is 9.59 Å². The number of hydrogen-bond donors (Lipinski definition) is 1. The van der Waals surface area contributed by atoms with E-state index in [1.165, 1.54) is 24.5 Å². The molecule has 0 spiro atoms. The predicted molar refractivity (Wildman–Crippen MR) is 103 cm³/mol. The minimum absolute atomic E-state index is 0.226. The van der Waals surface area contributed by atoms with Crippen LogP contribution in [0.2, 0.25) is 10.0 Å². The Bertz CT molecular complexity index is 904. The lowest BCUT2D eigenvalue weighted by molar-refractivity contribution is -0.123. The highest BCUT2D eigenvalue weighted by Gasteiger charge is 2.33. The molecule has 0 atom stereocenters. The van der Waals surface area contributed by atoms with E-state index in [0.29, 0.717) is 26.1 Å². The first kappa shape index (κ1) is 17.9. The summed E-state index contributed by atoms with van der Waals surface area (Å²) >= 11 is 18.2. The average molecular weight is 410 g/mol. The van der Waals surface area contributed by atoms with Crippen LogP contribution in [-0.4, -0.2) is 26.1 Å². The second-order valence-corrected chi connectivity index (χ2v) is 7.38. The van der Waals surface area contributed by atoms with Gasteiger partial charge in [0.2, 0.25) is 0 Å². The lowest BCUT2D eigenvalue weighted by atomic mass is 10.2. The number of thiocarbonyl (C=S) groups is 1. The zero-order chi connectivity index (χ0) is 18.0. The third-order valence-corrected chi connectivity index (χ3v) is 5.06. The lowest BCUT2D eigenvalue weighted by Gasteiger charge is -2.15. The van der Waals surface area contributed by atoms with Crippen molar-refractivity contribution in [1.29, 1.82) is 0 Å². The van der Waals surface area contributed by atoms with Crippen LogP contribution in [-0.2, 0) is 4.79 Å². The Balaban J connectivity index is 1.80. The van der Waals surface area contributed by atoms with Gasteiger partial charge in [-0.3, -0.25) is 20.0 Å². The van der Waals surface area contributed by atoms with Crippen molar-refractivity contribution in [2.75, 3.05) is 0 Å². The minimum Gasteiger partial charge on any atom is -0.267 e. The minimum atomic E-state index is -0.454. The Morgan fingerprint density at radius 1 is 1.24 bits per heavy atom. The maximum Gasteiger partial charge on any atom is 0.285 e. The highest BCUT2D eigenvalue weighted by atomic mass is 35.5. The summed E-state index contributed by atoms with van der Waals surface area (Å²) in [5, 5.41) is 1.95. The van der Waals surface area contributed by atoms with Gasteiger partial charge in [0.05, 0.1) is 4.91 Å². The van der Waals surface area contributed by atoms with E-state index in [-0.39, 0.29) is 4.32 Å². The second-order valence-electron chi connectivity index (χ2n) is 4.86. The number of carbonyl (C=O) groups excluding carboxylic acids is 2. The number of amides is 2. The molecule has 1 aliphatic rings. The summed E-state index contributed by atoms with van der Waals surface area (Å²) in [6.45, 7) is 0. The van der Waals surface area contributed by atoms with Crippen molar-refractivity contribution in [3.63, 3.8) is 0 Å². The summed E-state index contributed by atoms with van der Waals surface area (Å²) in [6, 6.07) is 8.03. The zero-order valence-electron chi connectivity index (χ0n) is 12.4. The van der Waals surface area contributed by atoms with Crippen LogP contribution >= 0.6 is 47.2 Å². The molecule has 1 N–H and O–H groups in total. The molecular formula is C16H9Cl2N3O2S2. The molecule has 126 valence electrons. The van der Waals surface area contributed by atoms with Crippen molar-refractivity contribution >= 4 is 69.4 Å². The SMILES string of the molecule is O=C(NN1C(=O)C(=Cc2ccc(Cl)cc2Cl)SC1=S)c1ccncc1. The molecule has 9 heteroatoms. The van der Waals surface area contributed by atoms with Gasteiger partial charge in [-0.05, 0) is 48.1 Å². The topological polar surface area (TPSA) is 62.3 Å². The Morgan fingerprint density at radius 3 is 2.64 bits per heavy atom. The van der Waals surface area contributed by atoms with Crippen LogP contribution in [0.3, 0.4) is 0 Å². The summed E-state index contributed by atoms with van der Waals surface area (Å²) in [5.41, 5.74) is 3.50. The molecule has 1 fully saturated rings. The molecule has 1 aromatic heterocycles. The number of hydrazine groups is 1. The van der Waals surface area contributed by atoms with Crippen molar-refractivity contribution in [2.45, 2.75) is 0 Å². The van der Waals surface area contributed by atoms with E-state index in [1.54, 1.807) is 24.3 Å². The number of thioether (sulfide) groups is 1. The fourth-order valence-electron chi connectivity index (χ4n) is 1.99. The van der Waals surface area contributed by atoms with Gasteiger partial charge in [-0.25, -0.2) is 0 Å². The molecule has 2 aromatic rings. The number of aromatic nitrogens is 1. The molecule has 0 bridgehead atoms. The van der Waals surface area contributed by atoms with E-state index in [4.69, 9.17) is 35.4 Å². The lowest BCUT2D eigenvalue weighted by Crippen LogP contribution is -2.44. The first-order valence-corrected chi connectivity index (χ1v) is 8.88. The molecule has 1 aliphatic heterocycles. The summed E-state index contributed by atoms with van der Waals surface area (Å²) in [7, 11) is 0. The Labute approximate surface area is 163 Å². The first-order valence-electron chi connectivity index (χ1n) is 6.90. The molecule has 0 aliphatic carbocycles. The quantitative estimate of drug-likeness (QED) is 0.614. The average Bonchev–Trinajstić information content (AvgIpc) is 2.85. The Kier molecular flexibility index (Phi) is 5.39. The van der Waals surface area contributed by atoms with Crippen molar-refractivity contribution in [1.82, 2.24) is 15.4 Å². The van der Waals surface area contributed by atoms with Crippen LogP contribution in [0, 0.1) is 0 Å². The summed E-state index contributed by atoms with van der Waals surface area (Å²) in [5.74, 6) is -0.882. The molecule has 25 heavy (non-hydrogen) atoms. The van der Waals surface area contributed by atoms with Crippen LogP contribution in [0.15, 0.2) is 47.6 Å². The van der Waals surface area contributed by atoms with E-state index in [2.05, 4.69) is 10.4 Å². The molecule has 0 radical (unpaired) electrons. The first-order chi connectivity index (χ1) is 12.0. The molecule has 2 heterocycles. The number of benzene rings is 1. The van der Waals surface area contributed by atoms with Gasteiger partial charge < -0.3 is 0 Å². The number of halogens is 2. The zero-order valence-corrected chi connectivity index (χ0v) is 15.5. The van der Waals surface area contributed by atoms with Crippen molar-refractivity contribution in [3.05, 3.63) is 68.8 Å². The third kappa shape index (κ3) is 4.01. The van der Waals surface area contributed by atoms with Gasteiger partial charge in [-0.15, -0.1) is 0 Å².